The first-order valence-corrected chi connectivity index (χ1v) is 10.5. The molecule has 1 aromatic heterocycles. The van der Waals surface area contributed by atoms with Gasteiger partial charge in [0.05, 0.1) is 32.9 Å². The predicted molar refractivity (Wildman–Crippen MR) is 113 cm³/mol. The molecule has 0 saturated heterocycles. The Kier molecular flexibility index (Phi) is 6.75. The molecule has 1 heterocycles. The quantitative estimate of drug-likeness (QED) is 0.494. The molecule has 1 unspecified atom stereocenters. The molecule has 3 aromatic rings. The fourth-order valence-corrected chi connectivity index (χ4v) is 4.40. The van der Waals surface area contributed by atoms with E-state index in [4.69, 9.17) is 22.2 Å². The van der Waals surface area contributed by atoms with Gasteiger partial charge in [-0.15, -0.1) is 0 Å². The molecule has 4 nitrogen and oxygen atoms in total. The summed E-state index contributed by atoms with van der Waals surface area (Å²) in [6.45, 7) is 2.79. The van der Waals surface area contributed by atoms with Crippen molar-refractivity contribution >= 4 is 23.0 Å². The predicted octanol–water partition coefficient (Wildman–Crippen LogP) is 5.36. The van der Waals surface area contributed by atoms with Crippen LogP contribution in [0.3, 0.4) is 0 Å². The van der Waals surface area contributed by atoms with E-state index < -0.39 is 10.8 Å². The van der Waals surface area contributed by atoms with E-state index in [-0.39, 0.29) is 6.54 Å². The van der Waals surface area contributed by atoms with Gasteiger partial charge in [0.1, 0.15) is 12.3 Å². The molecular weight excluding hydrogens is 388 g/mol. The average Bonchev–Trinajstić information content (AvgIpc) is 2.74. The van der Waals surface area contributed by atoms with Gasteiger partial charge in [-0.3, -0.25) is 0 Å². The molecule has 3 rings (SSSR count). The molecule has 0 saturated carbocycles. The first kappa shape index (κ1) is 20.0. The second-order valence-electron chi connectivity index (χ2n) is 6.15. The van der Waals surface area contributed by atoms with E-state index in [1.165, 1.54) is 0 Å². The van der Waals surface area contributed by atoms with E-state index >= 15 is 0 Å². The number of hydrogen-bond acceptors (Lipinski definition) is 4. The minimum absolute atomic E-state index is 0.152. The third-order valence-electron chi connectivity index (χ3n) is 4.08. The van der Waals surface area contributed by atoms with E-state index in [0.29, 0.717) is 26.7 Å². The number of benzene rings is 2. The zero-order valence-corrected chi connectivity index (χ0v) is 17.1. The number of ether oxygens (including phenoxy) is 1. The van der Waals surface area contributed by atoms with Gasteiger partial charge in [0.25, 0.3) is 0 Å². The van der Waals surface area contributed by atoms with Gasteiger partial charge in [0, 0.05) is 22.9 Å². The van der Waals surface area contributed by atoms with Crippen molar-refractivity contribution in [3.63, 3.8) is 0 Å². The van der Waals surface area contributed by atoms with E-state index in [1.54, 1.807) is 22.9 Å². The van der Waals surface area contributed by atoms with E-state index in [1.807, 2.05) is 55.6 Å². The number of nitriles is 1. The Balaban J connectivity index is 2.08. The molecule has 28 heavy (non-hydrogen) atoms. The van der Waals surface area contributed by atoms with Crippen LogP contribution in [-0.2, 0) is 17.3 Å². The molecule has 0 spiro atoms. The lowest BCUT2D eigenvalue weighted by Gasteiger charge is -2.12. The number of rotatable bonds is 7. The zero-order chi connectivity index (χ0) is 19.9. The van der Waals surface area contributed by atoms with Gasteiger partial charge in [-0.1, -0.05) is 55.5 Å². The van der Waals surface area contributed by atoms with Crippen LogP contribution >= 0.6 is 12.2 Å². The van der Waals surface area contributed by atoms with Crippen molar-refractivity contribution in [1.29, 1.82) is 5.26 Å². The van der Waals surface area contributed by atoms with Crippen LogP contribution in [0.25, 0.3) is 11.1 Å². The topological polar surface area (TPSA) is 55.0 Å². The first-order valence-electron chi connectivity index (χ1n) is 8.95. The Morgan fingerprint density at radius 3 is 2.64 bits per heavy atom. The molecule has 0 N–H and O–H groups in total. The first-order chi connectivity index (χ1) is 13.6. The smallest absolute Gasteiger partial charge is 0.120 e. The second kappa shape index (κ2) is 9.45. The zero-order valence-electron chi connectivity index (χ0n) is 15.5. The number of nitrogens with zero attached hydrogens (tertiary/aromatic N) is 2. The minimum atomic E-state index is -1.49. The highest BCUT2D eigenvalue weighted by molar-refractivity contribution is 7.85. The van der Waals surface area contributed by atoms with Gasteiger partial charge in [-0.25, -0.2) is 4.21 Å². The van der Waals surface area contributed by atoms with Gasteiger partial charge in [0.2, 0.25) is 0 Å². The molecule has 0 bridgehead atoms. The normalized spacial score (nSPS) is 11.6. The summed E-state index contributed by atoms with van der Waals surface area (Å²) in [6.07, 6.45) is 4.44. The summed E-state index contributed by atoms with van der Waals surface area (Å²) in [7, 11) is -1.49. The summed E-state index contributed by atoms with van der Waals surface area (Å²) in [5, 5.41) is 9.13. The summed E-state index contributed by atoms with van der Waals surface area (Å²) >= 11 is 5.68. The van der Waals surface area contributed by atoms with Crippen molar-refractivity contribution < 1.29 is 8.95 Å². The van der Waals surface area contributed by atoms with Crippen LogP contribution in [0.2, 0.25) is 0 Å². The highest BCUT2D eigenvalue weighted by atomic mass is 32.2. The molecule has 0 fully saturated rings. The average molecular weight is 409 g/mol. The summed E-state index contributed by atoms with van der Waals surface area (Å²) in [4.78, 5) is 1.13. The highest BCUT2D eigenvalue weighted by Crippen LogP contribution is 2.28. The molecule has 0 aliphatic rings. The van der Waals surface area contributed by atoms with Crippen molar-refractivity contribution in [1.82, 2.24) is 4.57 Å². The Hall–Kier alpha value is -2.75. The molecule has 142 valence electrons. The Labute approximate surface area is 172 Å². The maximum atomic E-state index is 13.3. The fraction of sp³-hybridized carbons (Fsp3) is 0.182. The minimum Gasteiger partial charge on any atom is -0.494 e. The van der Waals surface area contributed by atoms with Crippen LogP contribution in [0.1, 0.15) is 13.3 Å². The van der Waals surface area contributed by atoms with Gasteiger partial charge in [-0.2, -0.15) is 5.26 Å². The SMILES string of the molecule is CCCOc1cccc(S(=O)c2cn(CC#N)cc(-c3ccccc3)c2=S)c1. The fourth-order valence-electron chi connectivity index (χ4n) is 2.76. The summed E-state index contributed by atoms with van der Waals surface area (Å²) in [5.41, 5.74) is 1.72. The maximum absolute atomic E-state index is 13.3. The third-order valence-corrected chi connectivity index (χ3v) is 6.04. The molecule has 6 heteroatoms. The van der Waals surface area contributed by atoms with Crippen molar-refractivity contribution in [3.8, 4) is 22.9 Å². The van der Waals surface area contributed by atoms with Crippen molar-refractivity contribution in [2.24, 2.45) is 0 Å². The van der Waals surface area contributed by atoms with Gasteiger partial charge in [-0.05, 0) is 30.2 Å². The molecule has 0 aliphatic heterocycles. The molecule has 0 amide bonds. The molecule has 2 aromatic carbocycles. The van der Waals surface area contributed by atoms with Crippen LogP contribution in [0, 0.1) is 15.8 Å². The largest absolute Gasteiger partial charge is 0.494 e. The van der Waals surface area contributed by atoms with E-state index in [2.05, 4.69) is 6.07 Å². The van der Waals surface area contributed by atoms with Crippen LogP contribution in [0.15, 0.2) is 76.8 Å². The van der Waals surface area contributed by atoms with Crippen LogP contribution in [0.4, 0.5) is 0 Å². The van der Waals surface area contributed by atoms with Crippen molar-refractivity contribution in [2.45, 2.75) is 29.7 Å². The lowest BCUT2D eigenvalue weighted by Crippen LogP contribution is -2.04. The summed E-state index contributed by atoms with van der Waals surface area (Å²) < 4.78 is 21.2. The van der Waals surface area contributed by atoms with Crippen LogP contribution < -0.4 is 4.74 Å². The molecule has 0 radical (unpaired) electrons. The number of aromatic nitrogens is 1. The summed E-state index contributed by atoms with van der Waals surface area (Å²) in [5.74, 6) is 0.683. The lowest BCUT2D eigenvalue weighted by atomic mass is 10.1. The van der Waals surface area contributed by atoms with Gasteiger partial charge in [0.15, 0.2) is 0 Å². The Morgan fingerprint density at radius 1 is 1.14 bits per heavy atom. The molecule has 0 aliphatic carbocycles. The maximum Gasteiger partial charge on any atom is 0.120 e. The van der Waals surface area contributed by atoms with Gasteiger partial charge >= 0.3 is 0 Å². The Morgan fingerprint density at radius 2 is 1.93 bits per heavy atom. The van der Waals surface area contributed by atoms with Gasteiger partial charge < -0.3 is 9.30 Å². The van der Waals surface area contributed by atoms with E-state index in [0.717, 1.165) is 17.5 Å². The second-order valence-corrected chi connectivity index (χ2v) is 8.01. The molecular formula is C22H20N2O2S2. The third kappa shape index (κ3) is 4.56. The van der Waals surface area contributed by atoms with Crippen LogP contribution in [-0.4, -0.2) is 15.4 Å². The number of pyridine rings is 1. The summed E-state index contributed by atoms with van der Waals surface area (Å²) in [6, 6.07) is 19.1. The monoisotopic (exact) mass is 408 g/mol. The lowest BCUT2D eigenvalue weighted by molar-refractivity contribution is 0.316. The van der Waals surface area contributed by atoms with E-state index in [9.17, 15) is 4.21 Å². The standard InChI is InChI=1S/C22H20N2O2S2/c1-2-13-26-18-9-6-10-19(14-18)28(25)21-16-24(12-11-23)15-20(22(21)27)17-7-4-3-5-8-17/h3-10,14-16H,2,12-13H2,1H3. The number of hydrogen-bond donors (Lipinski definition) is 0. The Bertz CT molecular complexity index is 1090. The van der Waals surface area contributed by atoms with Crippen molar-refractivity contribution in [3.05, 3.63) is 71.5 Å². The van der Waals surface area contributed by atoms with Crippen molar-refractivity contribution in [2.75, 3.05) is 6.61 Å². The molecule has 1 atom stereocenters. The van der Waals surface area contributed by atoms with Crippen LogP contribution in [0.5, 0.6) is 5.75 Å². The highest BCUT2D eigenvalue weighted by Gasteiger charge is 2.15.